The second-order valence-corrected chi connectivity index (χ2v) is 6.41. The van der Waals surface area contributed by atoms with Gasteiger partial charge in [0.2, 0.25) is 0 Å². The van der Waals surface area contributed by atoms with E-state index in [2.05, 4.69) is 22.3 Å². The van der Waals surface area contributed by atoms with Crippen molar-refractivity contribution in [2.45, 2.75) is 38.4 Å². The quantitative estimate of drug-likeness (QED) is 0.864. The van der Waals surface area contributed by atoms with Crippen molar-refractivity contribution in [3.05, 3.63) is 45.5 Å². The highest BCUT2D eigenvalue weighted by molar-refractivity contribution is 6.33. The van der Waals surface area contributed by atoms with Gasteiger partial charge in [0.15, 0.2) is 5.82 Å². The number of pyridine rings is 1. The van der Waals surface area contributed by atoms with Crippen LogP contribution in [0.2, 0.25) is 5.02 Å². The first-order chi connectivity index (χ1) is 11.8. The molecule has 9 heteroatoms. The fourth-order valence-electron chi connectivity index (χ4n) is 2.69. The van der Waals surface area contributed by atoms with Crippen LogP contribution in [0.15, 0.2) is 29.3 Å². The molecule has 0 amide bonds. The lowest BCUT2D eigenvalue weighted by Gasteiger charge is -2.10. The molecule has 0 aromatic carbocycles. The summed E-state index contributed by atoms with van der Waals surface area (Å²) in [5.41, 5.74) is -1.10. The van der Waals surface area contributed by atoms with Crippen LogP contribution in [-0.4, -0.2) is 20.8 Å². The monoisotopic (exact) mass is 372 g/mol. The Kier molecular flexibility index (Phi) is 4.73. The highest BCUT2D eigenvalue weighted by Gasteiger charge is 2.36. The van der Waals surface area contributed by atoms with E-state index in [1.807, 2.05) is 0 Å². The van der Waals surface area contributed by atoms with E-state index in [0.29, 0.717) is 17.8 Å². The zero-order valence-corrected chi connectivity index (χ0v) is 14.1. The summed E-state index contributed by atoms with van der Waals surface area (Å²) in [6, 6.07) is 2.20. The minimum atomic E-state index is -4.49. The molecule has 0 aliphatic heterocycles. The third-order valence-electron chi connectivity index (χ3n) is 4.13. The summed E-state index contributed by atoms with van der Waals surface area (Å²) in [6.45, 7) is 2.11. The number of anilines is 1. The molecule has 0 bridgehead atoms. The first kappa shape index (κ1) is 17.7. The molecule has 2 aromatic heterocycles. The molecule has 3 rings (SSSR count). The highest BCUT2D eigenvalue weighted by Crippen LogP contribution is 2.38. The van der Waals surface area contributed by atoms with Gasteiger partial charge in [-0.25, -0.2) is 4.98 Å². The molecule has 1 N–H and O–H groups in total. The molecule has 2 heterocycles. The molecule has 25 heavy (non-hydrogen) atoms. The van der Waals surface area contributed by atoms with Gasteiger partial charge in [-0.15, -0.1) is 0 Å². The smallest absolute Gasteiger partial charge is 0.379 e. The predicted octanol–water partition coefficient (Wildman–Crippen LogP) is 3.90. The van der Waals surface area contributed by atoms with Crippen LogP contribution in [0, 0.1) is 5.92 Å². The topological polar surface area (TPSA) is 59.8 Å². The molecule has 2 unspecified atom stereocenters. The van der Waals surface area contributed by atoms with Crippen molar-refractivity contribution in [3.8, 4) is 5.82 Å². The van der Waals surface area contributed by atoms with Gasteiger partial charge in [0.1, 0.15) is 5.02 Å². The van der Waals surface area contributed by atoms with Gasteiger partial charge >= 0.3 is 6.18 Å². The zero-order valence-electron chi connectivity index (χ0n) is 13.3. The Morgan fingerprint density at radius 2 is 2.12 bits per heavy atom. The maximum atomic E-state index is 12.6. The Balaban J connectivity index is 1.82. The summed E-state index contributed by atoms with van der Waals surface area (Å²) < 4.78 is 38.6. The normalized spacial score (nSPS) is 19.7. The lowest BCUT2D eigenvalue weighted by atomic mass is 10.2. The minimum absolute atomic E-state index is 0.0262. The largest absolute Gasteiger partial charge is 0.417 e. The number of halogens is 4. The van der Waals surface area contributed by atoms with Crippen LogP contribution in [0.3, 0.4) is 0 Å². The highest BCUT2D eigenvalue weighted by atomic mass is 35.5. The van der Waals surface area contributed by atoms with E-state index in [4.69, 9.17) is 11.6 Å². The van der Waals surface area contributed by atoms with Crippen molar-refractivity contribution in [1.29, 1.82) is 0 Å². The van der Waals surface area contributed by atoms with Crippen LogP contribution in [-0.2, 0) is 6.18 Å². The van der Waals surface area contributed by atoms with Crippen molar-refractivity contribution < 1.29 is 13.2 Å². The Bertz CT molecular complexity index is 820. The fourth-order valence-corrected chi connectivity index (χ4v) is 2.87. The van der Waals surface area contributed by atoms with E-state index in [0.717, 1.165) is 36.1 Å². The van der Waals surface area contributed by atoms with Crippen molar-refractivity contribution in [3.63, 3.8) is 0 Å². The molecule has 134 valence electrons. The zero-order chi connectivity index (χ0) is 18.2. The van der Waals surface area contributed by atoms with Gasteiger partial charge in [-0.2, -0.15) is 23.0 Å². The van der Waals surface area contributed by atoms with E-state index in [-0.39, 0.29) is 16.9 Å². The summed E-state index contributed by atoms with van der Waals surface area (Å²) in [6.07, 6.45) is 0.779. The Hall–Kier alpha value is -2.09. The maximum Gasteiger partial charge on any atom is 0.417 e. The molecule has 1 fully saturated rings. The molecular formula is C16H16ClF3N4O. The number of hydrogen-bond donors (Lipinski definition) is 1. The standard InChI is InChI=1S/C16H16ClF3N4O/c1-2-3-9-6-11(9)23-12-8-22-24(15(25)14(12)17)13-5-4-10(7-21-13)16(18,19)20/h4-5,7-9,11,23H,2-3,6H2,1H3. The summed E-state index contributed by atoms with van der Waals surface area (Å²) >= 11 is 6.11. The van der Waals surface area contributed by atoms with Crippen molar-refractivity contribution >= 4 is 17.3 Å². The van der Waals surface area contributed by atoms with E-state index in [9.17, 15) is 18.0 Å². The molecule has 1 aliphatic rings. The summed E-state index contributed by atoms with van der Waals surface area (Å²) in [7, 11) is 0. The molecule has 0 radical (unpaired) electrons. The second-order valence-electron chi connectivity index (χ2n) is 6.03. The summed E-state index contributed by atoms with van der Waals surface area (Å²) in [5, 5.41) is 7.10. The van der Waals surface area contributed by atoms with Gasteiger partial charge in [-0.05, 0) is 30.9 Å². The SMILES string of the molecule is CCCC1CC1Nc1cnn(-c2ccc(C(F)(F)F)cn2)c(=O)c1Cl. The third kappa shape index (κ3) is 3.78. The Morgan fingerprint density at radius 3 is 2.72 bits per heavy atom. The van der Waals surface area contributed by atoms with Gasteiger partial charge in [0, 0.05) is 12.2 Å². The number of aromatic nitrogens is 3. The molecule has 5 nitrogen and oxygen atoms in total. The first-order valence-electron chi connectivity index (χ1n) is 7.89. The van der Waals surface area contributed by atoms with E-state index in [1.165, 1.54) is 6.20 Å². The van der Waals surface area contributed by atoms with Crippen LogP contribution in [0.25, 0.3) is 5.82 Å². The molecule has 2 aromatic rings. The van der Waals surface area contributed by atoms with Crippen LogP contribution >= 0.6 is 11.6 Å². The number of rotatable bonds is 5. The van der Waals surface area contributed by atoms with Crippen molar-refractivity contribution in [1.82, 2.24) is 14.8 Å². The lowest BCUT2D eigenvalue weighted by Crippen LogP contribution is -2.24. The Morgan fingerprint density at radius 1 is 1.36 bits per heavy atom. The predicted molar refractivity (Wildman–Crippen MR) is 88.1 cm³/mol. The Labute approximate surface area is 146 Å². The first-order valence-corrected chi connectivity index (χ1v) is 8.27. The molecular weight excluding hydrogens is 357 g/mol. The number of nitrogens with one attached hydrogen (secondary N) is 1. The van der Waals surface area contributed by atoms with Crippen LogP contribution < -0.4 is 10.9 Å². The lowest BCUT2D eigenvalue weighted by molar-refractivity contribution is -0.137. The molecule has 1 aliphatic carbocycles. The van der Waals surface area contributed by atoms with Gasteiger partial charge in [0.25, 0.3) is 5.56 Å². The van der Waals surface area contributed by atoms with Crippen LogP contribution in [0.4, 0.5) is 18.9 Å². The van der Waals surface area contributed by atoms with Gasteiger partial charge in [0.05, 0.1) is 17.4 Å². The number of nitrogens with zero attached hydrogens (tertiary/aromatic N) is 3. The summed E-state index contributed by atoms with van der Waals surface area (Å²) in [4.78, 5) is 16.0. The molecule has 1 saturated carbocycles. The van der Waals surface area contributed by atoms with Crippen molar-refractivity contribution in [2.75, 3.05) is 5.32 Å². The average molecular weight is 373 g/mol. The molecule has 0 spiro atoms. The van der Waals surface area contributed by atoms with Crippen molar-refractivity contribution in [2.24, 2.45) is 5.92 Å². The van der Waals surface area contributed by atoms with E-state index in [1.54, 1.807) is 0 Å². The van der Waals surface area contributed by atoms with Gasteiger partial charge in [-0.3, -0.25) is 4.79 Å². The average Bonchev–Trinajstić information content (AvgIpc) is 3.29. The van der Waals surface area contributed by atoms with E-state index < -0.39 is 17.3 Å². The minimum Gasteiger partial charge on any atom is -0.379 e. The van der Waals surface area contributed by atoms with Crippen LogP contribution in [0.5, 0.6) is 0 Å². The second kappa shape index (κ2) is 6.67. The fraction of sp³-hybridized carbons (Fsp3) is 0.438. The van der Waals surface area contributed by atoms with Gasteiger partial charge in [-0.1, -0.05) is 24.9 Å². The molecule has 2 atom stereocenters. The van der Waals surface area contributed by atoms with Gasteiger partial charge < -0.3 is 5.32 Å². The maximum absolute atomic E-state index is 12.6. The third-order valence-corrected chi connectivity index (χ3v) is 4.50. The number of hydrogen-bond acceptors (Lipinski definition) is 4. The summed E-state index contributed by atoms with van der Waals surface area (Å²) in [5.74, 6) is 0.543. The van der Waals surface area contributed by atoms with E-state index >= 15 is 0 Å². The molecule has 0 saturated heterocycles. The van der Waals surface area contributed by atoms with Crippen LogP contribution in [0.1, 0.15) is 31.7 Å². The number of alkyl halides is 3.